The fourth-order valence-electron chi connectivity index (χ4n) is 0.895. The first-order valence-electron chi connectivity index (χ1n) is 5.03. The van der Waals surface area contributed by atoms with Crippen molar-refractivity contribution >= 4 is 11.8 Å². The van der Waals surface area contributed by atoms with E-state index in [0.717, 1.165) is 0 Å². The minimum absolute atomic E-state index is 0.0710. The SMILES string of the molecule is CNCCC(=O)NCNC(=O)CCNC. The normalized spacial score (nSPS) is 9.73. The third-order valence-electron chi connectivity index (χ3n) is 1.78. The topological polar surface area (TPSA) is 82.3 Å². The zero-order valence-corrected chi connectivity index (χ0v) is 9.35. The fourth-order valence-corrected chi connectivity index (χ4v) is 0.895. The summed E-state index contributed by atoms with van der Waals surface area (Å²) in [6.45, 7) is 1.48. The Bertz CT molecular complexity index is 177. The molecule has 0 aromatic rings. The molecule has 0 saturated heterocycles. The molecule has 6 heteroatoms. The minimum atomic E-state index is -0.0710. The number of hydrogen-bond donors (Lipinski definition) is 4. The molecule has 0 spiro atoms. The molecule has 0 aliphatic rings. The number of carbonyl (C=O) groups excluding carboxylic acids is 2. The quantitative estimate of drug-likeness (QED) is 0.368. The van der Waals surface area contributed by atoms with E-state index in [1.54, 1.807) is 14.1 Å². The summed E-state index contributed by atoms with van der Waals surface area (Å²) in [5.41, 5.74) is 0. The Morgan fingerprint density at radius 3 is 1.60 bits per heavy atom. The Hall–Kier alpha value is -1.14. The van der Waals surface area contributed by atoms with E-state index in [4.69, 9.17) is 0 Å². The molecule has 0 aromatic heterocycles. The fraction of sp³-hybridized carbons (Fsp3) is 0.778. The molecule has 6 nitrogen and oxygen atoms in total. The van der Waals surface area contributed by atoms with E-state index in [9.17, 15) is 9.59 Å². The lowest BCUT2D eigenvalue weighted by atomic mass is 10.4. The van der Waals surface area contributed by atoms with Crippen molar-refractivity contribution in [2.24, 2.45) is 0 Å². The van der Waals surface area contributed by atoms with E-state index in [-0.39, 0.29) is 18.5 Å². The summed E-state index contributed by atoms with van der Waals surface area (Å²) in [5, 5.41) is 10.9. The molecule has 15 heavy (non-hydrogen) atoms. The number of rotatable bonds is 8. The Labute approximate surface area is 90.2 Å². The van der Waals surface area contributed by atoms with Gasteiger partial charge >= 0.3 is 0 Å². The van der Waals surface area contributed by atoms with Crippen molar-refractivity contribution in [3.05, 3.63) is 0 Å². The first-order valence-corrected chi connectivity index (χ1v) is 5.03. The summed E-state index contributed by atoms with van der Waals surface area (Å²) in [4.78, 5) is 22.2. The van der Waals surface area contributed by atoms with Crippen LogP contribution in [0, 0.1) is 0 Å². The van der Waals surface area contributed by atoms with Crippen LogP contribution in [0.1, 0.15) is 12.8 Å². The molecule has 0 fully saturated rings. The van der Waals surface area contributed by atoms with Gasteiger partial charge in [0.2, 0.25) is 11.8 Å². The lowest BCUT2D eigenvalue weighted by Crippen LogP contribution is -2.38. The Balaban J connectivity index is 3.36. The maximum atomic E-state index is 11.1. The molecular formula is C9H20N4O2. The molecule has 0 atom stereocenters. The van der Waals surface area contributed by atoms with Crippen LogP contribution < -0.4 is 21.3 Å². The van der Waals surface area contributed by atoms with Crippen LogP contribution in [0.4, 0.5) is 0 Å². The predicted octanol–water partition coefficient (Wildman–Crippen LogP) is -1.60. The van der Waals surface area contributed by atoms with Crippen molar-refractivity contribution < 1.29 is 9.59 Å². The van der Waals surface area contributed by atoms with Crippen LogP contribution in [-0.4, -0.2) is 45.7 Å². The smallest absolute Gasteiger partial charge is 0.222 e. The maximum absolute atomic E-state index is 11.1. The van der Waals surface area contributed by atoms with Gasteiger partial charge in [-0.25, -0.2) is 0 Å². The van der Waals surface area contributed by atoms with Crippen LogP contribution in [0.25, 0.3) is 0 Å². The molecule has 0 radical (unpaired) electrons. The third kappa shape index (κ3) is 9.17. The van der Waals surface area contributed by atoms with E-state index in [0.29, 0.717) is 25.9 Å². The molecule has 0 unspecified atom stereocenters. The van der Waals surface area contributed by atoms with E-state index in [1.165, 1.54) is 0 Å². The highest BCUT2D eigenvalue weighted by atomic mass is 16.2. The minimum Gasteiger partial charge on any atom is -0.339 e. The van der Waals surface area contributed by atoms with Crippen molar-refractivity contribution in [1.82, 2.24) is 21.3 Å². The number of hydrogen-bond acceptors (Lipinski definition) is 4. The predicted molar refractivity (Wildman–Crippen MR) is 58.2 cm³/mol. The Morgan fingerprint density at radius 1 is 0.867 bits per heavy atom. The van der Waals surface area contributed by atoms with Gasteiger partial charge in [-0.05, 0) is 14.1 Å². The average molecular weight is 216 g/mol. The zero-order chi connectivity index (χ0) is 11.5. The van der Waals surface area contributed by atoms with Gasteiger partial charge < -0.3 is 21.3 Å². The summed E-state index contributed by atoms with van der Waals surface area (Å²) >= 11 is 0. The van der Waals surface area contributed by atoms with Crippen molar-refractivity contribution in [3.63, 3.8) is 0 Å². The molecule has 88 valence electrons. The van der Waals surface area contributed by atoms with Crippen LogP contribution in [0.2, 0.25) is 0 Å². The summed E-state index contributed by atoms with van der Waals surface area (Å²) in [5.74, 6) is -0.142. The highest BCUT2D eigenvalue weighted by Gasteiger charge is 2.01. The van der Waals surface area contributed by atoms with Crippen molar-refractivity contribution in [3.8, 4) is 0 Å². The number of amides is 2. The lowest BCUT2D eigenvalue weighted by molar-refractivity contribution is -0.122. The summed E-state index contributed by atoms with van der Waals surface area (Å²) in [7, 11) is 3.57. The van der Waals surface area contributed by atoms with Crippen LogP contribution in [0.3, 0.4) is 0 Å². The van der Waals surface area contributed by atoms with Gasteiger partial charge in [-0.15, -0.1) is 0 Å². The second kappa shape index (κ2) is 9.42. The molecule has 0 saturated carbocycles. The van der Waals surface area contributed by atoms with E-state index in [1.807, 2.05) is 0 Å². The summed E-state index contributed by atoms with van der Waals surface area (Å²) in [6, 6.07) is 0. The zero-order valence-electron chi connectivity index (χ0n) is 9.35. The van der Waals surface area contributed by atoms with Gasteiger partial charge in [0.15, 0.2) is 0 Å². The second-order valence-electron chi connectivity index (χ2n) is 3.08. The molecule has 0 bridgehead atoms. The molecule has 2 amide bonds. The van der Waals surface area contributed by atoms with Gasteiger partial charge in [0.1, 0.15) is 0 Å². The Morgan fingerprint density at radius 2 is 1.27 bits per heavy atom. The molecule has 0 aromatic carbocycles. The molecular weight excluding hydrogens is 196 g/mol. The summed E-state index contributed by atoms with van der Waals surface area (Å²) in [6.07, 6.45) is 0.839. The molecule has 0 aliphatic heterocycles. The number of carbonyl (C=O) groups is 2. The van der Waals surface area contributed by atoms with Gasteiger partial charge in [0, 0.05) is 25.9 Å². The standard InChI is InChI=1S/C9H20N4O2/c1-10-5-3-8(14)12-7-13-9(15)4-6-11-2/h10-11H,3-7H2,1-2H3,(H,12,14)(H,13,15). The van der Waals surface area contributed by atoms with Gasteiger partial charge in [0.25, 0.3) is 0 Å². The monoisotopic (exact) mass is 216 g/mol. The molecule has 0 aliphatic carbocycles. The van der Waals surface area contributed by atoms with Crippen molar-refractivity contribution in [2.45, 2.75) is 12.8 Å². The third-order valence-corrected chi connectivity index (χ3v) is 1.78. The first kappa shape index (κ1) is 13.9. The maximum Gasteiger partial charge on any atom is 0.222 e. The molecule has 0 rings (SSSR count). The van der Waals surface area contributed by atoms with Crippen LogP contribution in [-0.2, 0) is 9.59 Å². The first-order chi connectivity index (χ1) is 7.20. The van der Waals surface area contributed by atoms with E-state index < -0.39 is 0 Å². The van der Waals surface area contributed by atoms with Gasteiger partial charge in [-0.3, -0.25) is 9.59 Å². The van der Waals surface area contributed by atoms with Crippen molar-refractivity contribution in [2.75, 3.05) is 33.9 Å². The van der Waals surface area contributed by atoms with E-state index >= 15 is 0 Å². The van der Waals surface area contributed by atoms with Gasteiger partial charge in [-0.1, -0.05) is 0 Å². The molecule has 4 N–H and O–H groups in total. The van der Waals surface area contributed by atoms with Crippen LogP contribution in [0.5, 0.6) is 0 Å². The number of nitrogens with one attached hydrogen (secondary N) is 4. The van der Waals surface area contributed by atoms with E-state index in [2.05, 4.69) is 21.3 Å². The largest absolute Gasteiger partial charge is 0.339 e. The average Bonchev–Trinajstić information content (AvgIpc) is 2.23. The molecule has 0 heterocycles. The van der Waals surface area contributed by atoms with Gasteiger partial charge in [0.05, 0.1) is 6.67 Å². The second-order valence-corrected chi connectivity index (χ2v) is 3.08. The van der Waals surface area contributed by atoms with Crippen LogP contribution >= 0.6 is 0 Å². The van der Waals surface area contributed by atoms with Gasteiger partial charge in [-0.2, -0.15) is 0 Å². The Kier molecular flexibility index (Phi) is 8.70. The van der Waals surface area contributed by atoms with Crippen molar-refractivity contribution in [1.29, 1.82) is 0 Å². The highest BCUT2D eigenvalue weighted by molar-refractivity contribution is 5.78. The summed E-state index contributed by atoms with van der Waals surface area (Å²) < 4.78 is 0. The lowest BCUT2D eigenvalue weighted by Gasteiger charge is -2.06. The van der Waals surface area contributed by atoms with Crippen LogP contribution in [0.15, 0.2) is 0 Å². The highest BCUT2D eigenvalue weighted by Crippen LogP contribution is 1.77.